The van der Waals surface area contributed by atoms with Crippen molar-refractivity contribution in [3.05, 3.63) is 34.0 Å². The number of hydrogen-bond donors (Lipinski definition) is 1. The monoisotopic (exact) mass is 291 g/mol. The summed E-state index contributed by atoms with van der Waals surface area (Å²) < 4.78 is 5.35. The van der Waals surface area contributed by atoms with E-state index in [9.17, 15) is 4.79 Å². The van der Waals surface area contributed by atoms with Crippen LogP contribution in [0.1, 0.15) is 24.2 Å². The average Bonchev–Trinajstić information content (AvgIpc) is 2.47. The van der Waals surface area contributed by atoms with Crippen molar-refractivity contribution in [3.8, 4) is 0 Å². The predicted octanol–water partition coefficient (Wildman–Crippen LogP) is 2.04. The highest BCUT2D eigenvalue weighted by Gasteiger charge is 2.15. The summed E-state index contributed by atoms with van der Waals surface area (Å²) in [6, 6.07) is 1.88. The van der Waals surface area contributed by atoms with Crippen LogP contribution in [-0.2, 0) is 10.5 Å². The summed E-state index contributed by atoms with van der Waals surface area (Å²) in [5.74, 6) is 1.46. The number of H-pyrrole nitrogens is 1. The van der Waals surface area contributed by atoms with E-state index in [-0.39, 0.29) is 5.56 Å². The lowest BCUT2D eigenvalue weighted by Crippen LogP contribution is -2.18. The van der Waals surface area contributed by atoms with E-state index in [1.807, 2.05) is 24.8 Å². The maximum absolute atomic E-state index is 12.0. The Labute approximate surface area is 121 Å². The quantitative estimate of drug-likeness (QED) is 0.937. The topological polar surface area (TPSA) is 67.9 Å². The SMILES string of the molecule is Cc1ccnc2c(=O)[nH]c(CSC3CCOCC3)nc12. The van der Waals surface area contributed by atoms with E-state index in [4.69, 9.17) is 4.74 Å². The van der Waals surface area contributed by atoms with Crippen molar-refractivity contribution >= 4 is 22.8 Å². The fourth-order valence-corrected chi connectivity index (χ4v) is 3.37. The Kier molecular flexibility index (Phi) is 4.03. The maximum Gasteiger partial charge on any atom is 0.277 e. The molecule has 5 nitrogen and oxygen atoms in total. The summed E-state index contributed by atoms with van der Waals surface area (Å²) in [5.41, 5.74) is 1.96. The molecule has 106 valence electrons. The highest BCUT2D eigenvalue weighted by Crippen LogP contribution is 2.24. The van der Waals surface area contributed by atoms with Gasteiger partial charge in [0, 0.05) is 24.7 Å². The van der Waals surface area contributed by atoms with Gasteiger partial charge in [0.2, 0.25) is 0 Å². The van der Waals surface area contributed by atoms with Gasteiger partial charge in [0.15, 0.2) is 5.52 Å². The van der Waals surface area contributed by atoms with Crippen molar-refractivity contribution in [2.45, 2.75) is 30.8 Å². The highest BCUT2D eigenvalue weighted by atomic mass is 32.2. The standard InChI is InChI=1S/C14H17N3O2S/c1-9-2-5-15-13-12(9)16-11(17-14(13)18)8-20-10-3-6-19-7-4-10/h2,5,10H,3-4,6-8H2,1H3,(H,16,17,18). The lowest BCUT2D eigenvalue weighted by molar-refractivity contribution is 0.1000. The second-order valence-electron chi connectivity index (χ2n) is 4.96. The van der Waals surface area contributed by atoms with Crippen molar-refractivity contribution in [1.82, 2.24) is 15.0 Å². The number of nitrogens with zero attached hydrogens (tertiary/aromatic N) is 2. The largest absolute Gasteiger partial charge is 0.381 e. The Hall–Kier alpha value is -1.40. The fourth-order valence-electron chi connectivity index (χ4n) is 2.32. The Morgan fingerprint density at radius 1 is 1.40 bits per heavy atom. The number of rotatable bonds is 3. The van der Waals surface area contributed by atoms with E-state index >= 15 is 0 Å². The molecule has 0 radical (unpaired) electrons. The smallest absolute Gasteiger partial charge is 0.277 e. The molecule has 0 bridgehead atoms. The number of pyridine rings is 1. The van der Waals surface area contributed by atoms with Gasteiger partial charge >= 0.3 is 0 Å². The maximum atomic E-state index is 12.0. The first kappa shape index (κ1) is 13.6. The summed E-state index contributed by atoms with van der Waals surface area (Å²) in [6.45, 7) is 3.62. The molecule has 0 unspecified atom stereocenters. The third-order valence-corrected chi connectivity index (χ3v) is 4.85. The molecule has 3 heterocycles. The summed E-state index contributed by atoms with van der Waals surface area (Å²) in [6.07, 6.45) is 3.79. The molecule has 1 N–H and O–H groups in total. The van der Waals surface area contributed by atoms with Gasteiger partial charge in [-0.05, 0) is 31.4 Å². The first-order valence-electron chi connectivity index (χ1n) is 6.78. The van der Waals surface area contributed by atoms with Crippen LogP contribution in [0, 0.1) is 6.92 Å². The number of ether oxygens (including phenoxy) is 1. The average molecular weight is 291 g/mol. The zero-order valence-electron chi connectivity index (χ0n) is 11.4. The Morgan fingerprint density at radius 2 is 2.20 bits per heavy atom. The number of aromatic nitrogens is 3. The third-order valence-electron chi connectivity index (χ3n) is 3.47. The van der Waals surface area contributed by atoms with Crippen LogP contribution in [0.15, 0.2) is 17.1 Å². The number of hydrogen-bond acceptors (Lipinski definition) is 5. The van der Waals surface area contributed by atoms with Crippen molar-refractivity contribution in [3.63, 3.8) is 0 Å². The second kappa shape index (κ2) is 5.93. The van der Waals surface area contributed by atoms with Crippen LogP contribution in [-0.4, -0.2) is 33.4 Å². The minimum atomic E-state index is -0.152. The van der Waals surface area contributed by atoms with Crippen LogP contribution in [0.4, 0.5) is 0 Å². The van der Waals surface area contributed by atoms with Crippen molar-refractivity contribution in [2.24, 2.45) is 0 Å². The van der Waals surface area contributed by atoms with Gasteiger partial charge in [0.25, 0.3) is 5.56 Å². The number of aryl methyl sites for hydroxylation is 1. The molecule has 0 atom stereocenters. The van der Waals surface area contributed by atoms with Crippen molar-refractivity contribution in [2.75, 3.05) is 13.2 Å². The number of aromatic amines is 1. The van der Waals surface area contributed by atoms with Crippen LogP contribution in [0.25, 0.3) is 11.0 Å². The molecule has 1 aliphatic rings. The van der Waals surface area contributed by atoms with E-state index in [1.165, 1.54) is 0 Å². The zero-order chi connectivity index (χ0) is 13.9. The Bertz CT molecular complexity index is 665. The summed E-state index contributed by atoms with van der Waals surface area (Å²) >= 11 is 1.84. The molecule has 2 aromatic rings. The normalized spacial score (nSPS) is 16.6. The van der Waals surface area contributed by atoms with Crippen molar-refractivity contribution < 1.29 is 4.74 Å². The molecule has 3 rings (SSSR count). The minimum absolute atomic E-state index is 0.152. The minimum Gasteiger partial charge on any atom is -0.381 e. The lowest BCUT2D eigenvalue weighted by atomic mass is 10.2. The Balaban J connectivity index is 1.81. The lowest BCUT2D eigenvalue weighted by Gasteiger charge is -2.21. The van der Waals surface area contributed by atoms with E-state index in [0.29, 0.717) is 16.3 Å². The molecule has 1 saturated heterocycles. The molecule has 0 aliphatic carbocycles. The molecule has 1 fully saturated rings. The first-order chi connectivity index (χ1) is 9.74. The predicted molar refractivity (Wildman–Crippen MR) is 80.0 cm³/mol. The van der Waals surface area contributed by atoms with Gasteiger partial charge in [0.1, 0.15) is 5.82 Å². The molecular weight excluding hydrogens is 274 g/mol. The summed E-state index contributed by atoms with van der Waals surface area (Å²) in [4.78, 5) is 23.5. The van der Waals surface area contributed by atoms with Gasteiger partial charge in [-0.25, -0.2) is 9.97 Å². The zero-order valence-corrected chi connectivity index (χ0v) is 12.2. The van der Waals surface area contributed by atoms with E-state index in [2.05, 4.69) is 15.0 Å². The van der Waals surface area contributed by atoms with Crippen LogP contribution < -0.4 is 5.56 Å². The second-order valence-corrected chi connectivity index (χ2v) is 6.25. The molecule has 0 aromatic carbocycles. The van der Waals surface area contributed by atoms with Gasteiger partial charge < -0.3 is 9.72 Å². The summed E-state index contributed by atoms with van der Waals surface area (Å²) in [7, 11) is 0. The molecule has 1 aliphatic heterocycles. The first-order valence-corrected chi connectivity index (χ1v) is 7.83. The molecule has 0 saturated carbocycles. The number of nitrogens with one attached hydrogen (secondary N) is 1. The van der Waals surface area contributed by atoms with Crippen LogP contribution in [0.2, 0.25) is 0 Å². The molecule has 6 heteroatoms. The molecule has 2 aromatic heterocycles. The van der Waals surface area contributed by atoms with E-state index in [1.54, 1.807) is 6.20 Å². The number of fused-ring (bicyclic) bond motifs is 1. The molecule has 0 spiro atoms. The Morgan fingerprint density at radius 3 is 3.00 bits per heavy atom. The van der Waals surface area contributed by atoms with E-state index < -0.39 is 0 Å². The van der Waals surface area contributed by atoms with Gasteiger partial charge in [-0.15, -0.1) is 0 Å². The molecule has 0 amide bonds. The number of thioether (sulfide) groups is 1. The third kappa shape index (κ3) is 2.86. The van der Waals surface area contributed by atoms with Crippen LogP contribution >= 0.6 is 11.8 Å². The van der Waals surface area contributed by atoms with Crippen molar-refractivity contribution in [1.29, 1.82) is 0 Å². The fraction of sp³-hybridized carbons (Fsp3) is 0.500. The molecular formula is C14H17N3O2S. The highest BCUT2D eigenvalue weighted by molar-refractivity contribution is 7.99. The summed E-state index contributed by atoms with van der Waals surface area (Å²) in [5, 5.41) is 0.597. The van der Waals surface area contributed by atoms with Gasteiger partial charge in [-0.2, -0.15) is 11.8 Å². The van der Waals surface area contributed by atoms with Gasteiger partial charge in [-0.3, -0.25) is 4.79 Å². The van der Waals surface area contributed by atoms with Crippen LogP contribution in [0.3, 0.4) is 0 Å². The van der Waals surface area contributed by atoms with Crippen LogP contribution in [0.5, 0.6) is 0 Å². The van der Waals surface area contributed by atoms with Gasteiger partial charge in [-0.1, -0.05) is 0 Å². The van der Waals surface area contributed by atoms with E-state index in [0.717, 1.165) is 43.2 Å². The van der Waals surface area contributed by atoms with Gasteiger partial charge in [0.05, 0.1) is 11.3 Å². The molecule has 20 heavy (non-hydrogen) atoms.